The van der Waals surface area contributed by atoms with Gasteiger partial charge < -0.3 is 19.5 Å². The summed E-state index contributed by atoms with van der Waals surface area (Å²) in [5.41, 5.74) is 1.65. The van der Waals surface area contributed by atoms with Crippen molar-refractivity contribution >= 4 is 45.8 Å². The van der Waals surface area contributed by atoms with Crippen LogP contribution in [0.15, 0.2) is 36.7 Å². The van der Waals surface area contributed by atoms with E-state index >= 15 is 0 Å². The number of thioether (sulfide) groups is 1. The number of benzene rings is 2. The summed E-state index contributed by atoms with van der Waals surface area (Å²) < 4.78 is 31.6. The average molecular weight is 517 g/mol. The molecule has 0 bridgehead atoms. The number of fused-ring (bicyclic) bond motifs is 2. The number of methoxy groups -OCH3 is 1. The number of anilines is 2. The van der Waals surface area contributed by atoms with Crippen molar-refractivity contribution < 1.29 is 18.6 Å². The molecule has 1 aromatic heterocycles. The Labute approximate surface area is 212 Å². The summed E-state index contributed by atoms with van der Waals surface area (Å²) in [5.74, 6) is 2.41. The summed E-state index contributed by atoms with van der Waals surface area (Å²) >= 11 is 7.93. The van der Waals surface area contributed by atoms with E-state index in [4.69, 9.17) is 25.8 Å². The highest BCUT2D eigenvalue weighted by Gasteiger charge is 2.66. The van der Waals surface area contributed by atoms with E-state index in [1.165, 1.54) is 31.3 Å². The molecule has 35 heavy (non-hydrogen) atoms. The van der Waals surface area contributed by atoms with Crippen molar-refractivity contribution in [1.82, 2.24) is 14.9 Å². The third-order valence-electron chi connectivity index (χ3n) is 7.14. The lowest BCUT2D eigenvalue weighted by Crippen LogP contribution is -2.36. The molecule has 184 valence electrons. The molecule has 3 fully saturated rings. The van der Waals surface area contributed by atoms with Gasteiger partial charge in [0.15, 0.2) is 11.5 Å². The van der Waals surface area contributed by atoms with E-state index in [1.807, 2.05) is 23.9 Å². The van der Waals surface area contributed by atoms with Crippen LogP contribution in [-0.2, 0) is 4.74 Å². The summed E-state index contributed by atoms with van der Waals surface area (Å²) in [6.07, 6.45) is 3.98. The minimum Gasteiger partial charge on any atom is -0.493 e. The number of halogens is 2. The third kappa shape index (κ3) is 4.18. The Morgan fingerprint density at radius 3 is 2.83 bits per heavy atom. The molecule has 2 aromatic carbocycles. The average Bonchev–Trinajstić information content (AvgIpc) is 3.37. The summed E-state index contributed by atoms with van der Waals surface area (Å²) in [7, 11) is 1.62. The van der Waals surface area contributed by atoms with E-state index in [9.17, 15) is 4.39 Å². The van der Waals surface area contributed by atoms with E-state index in [2.05, 4.69) is 20.2 Å². The van der Waals surface area contributed by atoms with Crippen LogP contribution in [0.25, 0.3) is 10.9 Å². The molecule has 1 N–H and O–H groups in total. The summed E-state index contributed by atoms with van der Waals surface area (Å²) in [5, 5.41) is 4.00. The molecule has 3 heterocycles. The molecule has 2 spiro atoms. The van der Waals surface area contributed by atoms with E-state index in [0.29, 0.717) is 40.5 Å². The molecule has 0 amide bonds. The second kappa shape index (κ2) is 8.96. The highest BCUT2D eigenvalue weighted by atomic mass is 35.5. The molecule has 0 radical (unpaired) electrons. The number of likely N-dealkylation sites (tertiary alicyclic amines) is 1. The quantitative estimate of drug-likeness (QED) is 0.464. The Bertz CT molecular complexity index is 1270. The van der Waals surface area contributed by atoms with Crippen LogP contribution in [0.5, 0.6) is 11.5 Å². The Kier molecular flexibility index (Phi) is 5.91. The van der Waals surface area contributed by atoms with Crippen LogP contribution in [0.1, 0.15) is 12.8 Å². The van der Waals surface area contributed by atoms with Crippen LogP contribution in [0.2, 0.25) is 5.02 Å². The first-order chi connectivity index (χ1) is 17.0. The topological polar surface area (TPSA) is 68.7 Å². The van der Waals surface area contributed by atoms with Crippen LogP contribution < -0.4 is 14.8 Å². The number of nitrogens with one attached hydrogen (secondary N) is 1. The lowest BCUT2D eigenvalue weighted by Gasteiger charge is -2.28. The fourth-order valence-corrected chi connectivity index (χ4v) is 6.89. The minimum absolute atomic E-state index is 0.0190. The molecule has 1 atom stereocenters. The Morgan fingerprint density at radius 1 is 1.20 bits per heavy atom. The van der Waals surface area contributed by atoms with Crippen LogP contribution in [0.4, 0.5) is 15.9 Å². The van der Waals surface area contributed by atoms with Crippen molar-refractivity contribution in [1.29, 1.82) is 0 Å². The summed E-state index contributed by atoms with van der Waals surface area (Å²) in [4.78, 5) is 11.2. The predicted octanol–water partition coefficient (Wildman–Crippen LogP) is 5.11. The molecule has 2 saturated heterocycles. The minimum atomic E-state index is -0.472. The van der Waals surface area contributed by atoms with Gasteiger partial charge in [0.2, 0.25) is 0 Å². The Hall–Kier alpha value is -2.33. The monoisotopic (exact) mass is 516 g/mol. The van der Waals surface area contributed by atoms with Crippen molar-refractivity contribution in [2.24, 2.45) is 5.41 Å². The fourth-order valence-electron chi connectivity index (χ4n) is 5.20. The number of hydrogen-bond donors (Lipinski definition) is 1. The van der Waals surface area contributed by atoms with Gasteiger partial charge in [0.05, 0.1) is 24.3 Å². The molecule has 7 nitrogen and oxygen atoms in total. The standard InChI is InChI=1S/C25H26ClFN4O3S/c1-32-21-12-20-17(23(29-15-28-20)30-16-2-3-19(27)18(26)10-16)11-22(21)33-7-6-31-13-24(4-5-24)25(14-31)34-8-9-35-25/h2-3,10-12,15H,4-9,13-14H2,1H3,(H,28,29,30). The zero-order valence-corrected chi connectivity index (χ0v) is 20.9. The largest absolute Gasteiger partial charge is 0.493 e. The normalized spacial score (nSPS) is 22.8. The summed E-state index contributed by atoms with van der Waals surface area (Å²) in [6.45, 7) is 4.23. The third-order valence-corrected chi connectivity index (χ3v) is 8.95. The lowest BCUT2D eigenvalue weighted by atomic mass is 10.0. The maximum absolute atomic E-state index is 13.6. The van der Waals surface area contributed by atoms with Crippen LogP contribution in [0.3, 0.4) is 0 Å². The van der Waals surface area contributed by atoms with Crippen LogP contribution >= 0.6 is 23.4 Å². The van der Waals surface area contributed by atoms with Gasteiger partial charge in [-0.25, -0.2) is 14.4 Å². The molecular formula is C25H26ClFN4O3S. The van der Waals surface area contributed by atoms with Crippen molar-refractivity contribution in [2.75, 3.05) is 51.0 Å². The molecule has 1 aliphatic carbocycles. The maximum Gasteiger partial charge on any atom is 0.162 e. The molecule has 6 rings (SSSR count). The first-order valence-corrected chi connectivity index (χ1v) is 13.1. The van der Waals surface area contributed by atoms with E-state index in [1.54, 1.807) is 13.2 Å². The van der Waals surface area contributed by atoms with Crippen molar-refractivity contribution in [3.63, 3.8) is 0 Å². The molecule has 3 aliphatic rings. The zero-order chi connectivity index (χ0) is 24.0. The predicted molar refractivity (Wildman–Crippen MR) is 136 cm³/mol. The van der Waals surface area contributed by atoms with Gasteiger partial charge in [0.1, 0.15) is 29.5 Å². The van der Waals surface area contributed by atoms with Gasteiger partial charge >= 0.3 is 0 Å². The molecule has 10 heteroatoms. The highest BCUT2D eigenvalue weighted by Crippen LogP contribution is 2.65. The number of aromatic nitrogens is 2. The smallest absolute Gasteiger partial charge is 0.162 e. The Morgan fingerprint density at radius 2 is 2.09 bits per heavy atom. The molecule has 1 unspecified atom stereocenters. The molecule has 3 aromatic rings. The lowest BCUT2D eigenvalue weighted by molar-refractivity contribution is 0.0214. The second-order valence-electron chi connectivity index (χ2n) is 9.29. The molecule has 1 saturated carbocycles. The van der Waals surface area contributed by atoms with Crippen molar-refractivity contribution in [2.45, 2.75) is 17.8 Å². The first-order valence-electron chi connectivity index (χ1n) is 11.7. The van der Waals surface area contributed by atoms with Crippen LogP contribution in [0, 0.1) is 11.2 Å². The van der Waals surface area contributed by atoms with E-state index < -0.39 is 5.82 Å². The van der Waals surface area contributed by atoms with Crippen molar-refractivity contribution in [3.05, 3.63) is 47.5 Å². The maximum atomic E-state index is 13.6. The van der Waals surface area contributed by atoms with Gasteiger partial charge in [-0.1, -0.05) is 11.6 Å². The fraction of sp³-hybridized carbons (Fsp3) is 0.440. The van der Waals surface area contributed by atoms with E-state index in [-0.39, 0.29) is 9.96 Å². The number of ether oxygens (including phenoxy) is 3. The van der Waals surface area contributed by atoms with E-state index in [0.717, 1.165) is 37.4 Å². The summed E-state index contributed by atoms with van der Waals surface area (Å²) in [6, 6.07) is 8.16. The number of rotatable bonds is 7. The second-order valence-corrected chi connectivity index (χ2v) is 11.0. The zero-order valence-electron chi connectivity index (χ0n) is 19.4. The number of nitrogens with zero attached hydrogens (tertiary/aromatic N) is 3. The van der Waals surface area contributed by atoms with Gasteiger partial charge in [-0.15, -0.1) is 11.8 Å². The van der Waals surface area contributed by atoms with Gasteiger partial charge in [-0.05, 0) is 37.1 Å². The van der Waals surface area contributed by atoms with Gasteiger partial charge in [0, 0.05) is 47.9 Å². The highest BCUT2D eigenvalue weighted by molar-refractivity contribution is 8.00. The first kappa shape index (κ1) is 23.1. The van der Waals surface area contributed by atoms with Gasteiger partial charge in [0.25, 0.3) is 0 Å². The number of hydrogen-bond acceptors (Lipinski definition) is 8. The van der Waals surface area contributed by atoms with Crippen LogP contribution in [-0.4, -0.2) is 65.5 Å². The van der Waals surface area contributed by atoms with Gasteiger partial charge in [-0.2, -0.15) is 0 Å². The van der Waals surface area contributed by atoms with Gasteiger partial charge in [-0.3, -0.25) is 4.90 Å². The molecular weight excluding hydrogens is 491 g/mol. The van der Waals surface area contributed by atoms with Crippen molar-refractivity contribution in [3.8, 4) is 11.5 Å². The molecule has 2 aliphatic heterocycles. The SMILES string of the molecule is COc1cc2ncnc(Nc3ccc(F)c(Cl)c3)c2cc1OCCN1CC2(CC2)C2(C1)OCCS2. The Balaban J connectivity index is 1.19.